The number of carbonyl (C=O) groups is 2. The predicted octanol–water partition coefficient (Wildman–Crippen LogP) is 3.16. The fourth-order valence-electron chi connectivity index (χ4n) is 2.68. The second-order valence-electron chi connectivity index (χ2n) is 7.93. The Kier molecular flexibility index (Phi) is 14.3. The zero-order valence-corrected chi connectivity index (χ0v) is 17.2. The maximum atomic E-state index is 11.6. The normalized spacial score (nSPS) is 13.7. The van der Waals surface area contributed by atoms with E-state index >= 15 is 0 Å². The molecule has 0 radical (unpaired) electrons. The topological polar surface area (TPSA) is 105 Å². The molecule has 0 fully saturated rings. The summed E-state index contributed by atoms with van der Waals surface area (Å²) in [6, 6.07) is -1.02. The van der Waals surface area contributed by atoms with Gasteiger partial charge in [-0.3, -0.25) is 9.59 Å². The maximum absolute atomic E-state index is 11.6. The van der Waals surface area contributed by atoms with Gasteiger partial charge < -0.3 is 20.9 Å². The molecule has 0 aromatic rings. The van der Waals surface area contributed by atoms with E-state index in [-0.39, 0.29) is 11.9 Å². The molecule has 2 atom stereocenters. The highest BCUT2D eigenvalue weighted by atomic mass is 16.5. The van der Waals surface area contributed by atoms with E-state index in [4.69, 9.17) is 20.9 Å². The van der Waals surface area contributed by atoms with Crippen LogP contribution in [0, 0.1) is 11.8 Å². The smallest absolute Gasteiger partial charge is 0.322 e. The molecule has 6 nitrogen and oxygen atoms in total. The van der Waals surface area contributed by atoms with Gasteiger partial charge in [-0.25, -0.2) is 0 Å². The quantitative estimate of drug-likeness (QED) is 0.338. The molecule has 2 unspecified atom stereocenters. The highest BCUT2D eigenvalue weighted by Gasteiger charge is 2.16. The van der Waals surface area contributed by atoms with Crippen molar-refractivity contribution in [1.29, 1.82) is 0 Å². The summed E-state index contributed by atoms with van der Waals surface area (Å²) >= 11 is 0. The van der Waals surface area contributed by atoms with Crippen molar-refractivity contribution in [2.75, 3.05) is 13.2 Å². The third kappa shape index (κ3) is 14.1. The van der Waals surface area contributed by atoms with E-state index in [1.165, 1.54) is 0 Å². The molecule has 0 aliphatic rings. The molecule has 0 spiro atoms. The first-order valence-corrected chi connectivity index (χ1v) is 10.1. The number of nitrogens with two attached hydrogens (primary N) is 2. The lowest BCUT2D eigenvalue weighted by Gasteiger charge is -2.13. The van der Waals surface area contributed by atoms with Crippen LogP contribution in [0.1, 0.15) is 79.1 Å². The zero-order valence-electron chi connectivity index (χ0n) is 17.2. The Morgan fingerprint density at radius 2 is 0.962 bits per heavy atom. The van der Waals surface area contributed by atoms with Crippen LogP contribution in [0.15, 0.2) is 0 Å². The van der Waals surface area contributed by atoms with Gasteiger partial charge in [0.1, 0.15) is 12.1 Å². The number of carbonyl (C=O) groups excluding carboxylic acids is 2. The Balaban J connectivity index is 3.46. The van der Waals surface area contributed by atoms with E-state index in [0.717, 1.165) is 38.5 Å². The standard InChI is InChI=1S/C20H40N2O4/c1-15(2)13-17(21)19(23)25-11-9-7-5-6-8-10-12-26-20(24)18(22)14-16(3)4/h15-18H,5-14,21-22H2,1-4H3. The molecule has 26 heavy (non-hydrogen) atoms. The van der Waals surface area contributed by atoms with E-state index < -0.39 is 12.1 Å². The van der Waals surface area contributed by atoms with Crippen molar-refractivity contribution < 1.29 is 19.1 Å². The average molecular weight is 373 g/mol. The minimum atomic E-state index is -0.508. The van der Waals surface area contributed by atoms with Crippen LogP contribution in [0.2, 0.25) is 0 Å². The van der Waals surface area contributed by atoms with Crippen LogP contribution in [0.3, 0.4) is 0 Å². The van der Waals surface area contributed by atoms with Gasteiger partial charge in [0.25, 0.3) is 0 Å². The second-order valence-corrected chi connectivity index (χ2v) is 7.93. The van der Waals surface area contributed by atoms with E-state index in [9.17, 15) is 9.59 Å². The molecular formula is C20H40N2O4. The third-order valence-corrected chi connectivity index (χ3v) is 4.08. The van der Waals surface area contributed by atoms with Gasteiger partial charge >= 0.3 is 11.9 Å². The van der Waals surface area contributed by atoms with Crippen molar-refractivity contribution in [3.05, 3.63) is 0 Å². The van der Waals surface area contributed by atoms with Crippen molar-refractivity contribution in [1.82, 2.24) is 0 Å². The number of esters is 2. The van der Waals surface area contributed by atoms with Gasteiger partial charge in [-0.1, -0.05) is 53.4 Å². The van der Waals surface area contributed by atoms with Gasteiger partial charge in [0.15, 0.2) is 0 Å². The van der Waals surface area contributed by atoms with Gasteiger partial charge in [-0.2, -0.15) is 0 Å². The van der Waals surface area contributed by atoms with E-state index in [0.29, 0.717) is 37.9 Å². The summed E-state index contributed by atoms with van der Waals surface area (Å²) in [7, 11) is 0. The SMILES string of the molecule is CC(C)CC(N)C(=O)OCCCCCCCCOC(=O)C(N)CC(C)C. The monoisotopic (exact) mass is 372 g/mol. The van der Waals surface area contributed by atoms with Crippen LogP contribution in [0.5, 0.6) is 0 Å². The van der Waals surface area contributed by atoms with Gasteiger partial charge in [0.05, 0.1) is 13.2 Å². The average Bonchev–Trinajstić information content (AvgIpc) is 2.54. The van der Waals surface area contributed by atoms with Crippen LogP contribution in [-0.4, -0.2) is 37.2 Å². The van der Waals surface area contributed by atoms with Crippen LogP contribution in [0.4, 0.5) is 0 Å². The molecule has 6 heteroatoms. The molecule has 0 aromatic heterocycles. The Morgan fingerprint density at radius 3 is 1.27 bits per heavy atom. The summed E-state index contributed by atoms with van der Waals surface area (Å²) < 4.78 is 10.4. The molecule has 0 aliphatic heterocycles. The molecule has 4 N–H and O–H groups in total. The number of hydrogen-bond acceptors (Lipinski definition) is 6. The van der Waals surface area contributed by atoms with Crippen LogP contribution < -0.4 is 11.5 Å². The minimum Gasteiger partial charge on any atom is -0.465 e. The maximum Gasteiger partial charge on any atom is 0.322 e. The van der Waals surface area contributed by atoms with Crippen molar-refractivity contribution in [2.45, 2.75) is 91.1 Å². The fourth-order valence-corrected chi connectivity index (χ4v) is 2.68. The molecule has 154 valence electrons. The number of unbranched alkanes of at least 4 members (excludes halogenated alkanes) is 5. The molecular weight excluding hydrogens is 332 g/mol. The summed E-state index contributed by atoms with van der Waals surface area (Å²) in [6.07, 6.45) is 7.24. The van der Waals surface area contributed by atoms with E-state index in [1.54, 1.807) is 0 Å². The van der Waals surface area contributed by atoms with Crippen molar-refractivity contribution in [3.8, 4) is 0 Å². The highest BCUT2D eigenvalue weighted by Crippen LogP contribution is 2.08. The molecule has 0 saturated heterocycles. The lowest BCUT2D eigenvalue weighted by molar-refractivity contribution is -0.146. The van der Waals surface area contributed by atoms with E-state index in [2.05, 4.69) is 0 Å². The zero-order chi connectivity index (χ0) is 19.9. The molecule has 0 aromatic carbocycles. The third-order valence-electron chi connectivity index (χ3n) is 4.08. The van der Waals surface area contributed by atoms with Crippen LogP contribution >= 0.6 is 0 Å². The van der Waals surface area contributed by atoms with Gasteiger partial charge in [0.2, 0.25) is 0 Å². The first-order chi connectivity index (χ1) is 12.2. The summed E-state index contributed by atoms with van der Waals surface area (Å²) in [5.74, 6) is 0.193. The van der Waals surface area contributed by atoms with Crippen LogP contribution in [-0.2, 0) is 19.1 Å². The fraction of sp³-hybridized carbons (Fsp3) is 0.900. The van der Waals surface area contributed by atoms with Crippen molar-refractivity contribution in [2.24, 2.45) is 23.3 Å². The molecule has 0 amide bonds. The van der Waals surface area contributed by atoms with Crippen molar-refractivity contribution in [3.63, 3.8) is 0 Å². The first-order valence-electron chi connectivity index (χ1n) is 10.1. The Morgan fingerprint density at radius 1 is 0.654 bits per heavy atom. The summed E-state index contributed by atoms with van der Waals surface area (Å²) in [6.45, 7) is 9.02. The Labute approximate surface area is 159 Å². The highest BCUT2D eigenvalue weighted by molar-refractivity contribution is 5.75. The molecule has 0 heterocycles. The summed E-state index contributed by atoms with van der Waals surface area (Å²) in [4.78, 5) is 23.3. The first kappa shape index (κ1) is 24.9. The van der Waals surface area contributed by atoms with E-state index in [1.807, 2.05) is 27.7 Å². The summed E-state index contributed by atoms with van der Waals surface area (Å²) in [5.41, 5.74) is 11.5. The van der Waals surface area contributed by atoms with Gasteiger partial charge in [-0.15, -0.1) is 0 Å². The van der Waals surface area contributed by atoms with Crippen molar-refractivity contribution >= 4 is 11.9 Å². The van der Waals surface area contributed by atoms with Gasteiger partial charge in [0, 0.05) is 0 Å². The predicted molar refractivity (Wildman–Crippen MR) is 104 cm³/mol. The largest absolute Gasteiger partial charge is 0.465 e. The van der Waals surface area contributed by atoms with Gasteiger partial charge in [-0.05, 0) is 37.5 Å². The number of rotatable bonds is 15. The second kappa shape index (κ2) is 15.0. The molecule has 0 rings (SSSR count). The Bertz CT molecular complexity index is 350. The van der Waals surface area contributed by atoms with Crippen LogP contribution in [0.25, 0.3) is 0 Å². The molecule has 0 aliphatic carbocycles. The number of hydrogen-bond donors (Lipinski definition) is 2. The lowest BCUT2D eigenvalue weighted by Crippen LogP contribution is -2.33. The summed E-state index contributed by atoms with van der Waals surface area (Å²) in [5, 5.41) is 0. The Hall–Kier alpha value is -1.14. The lowest BCUT2D eigenvalue weighted by atomic mass is 10.0. The molecule has 0 saturated carbocycles. The molecule has 0 bridgehead atoms. The minimum absolute atomic E-state index is 0.295. The number of ether oxygens (including phenoxy) is 2.